The Morgan fingerprint density at radius 1 is 1.05 bits per heavy atom. The molecule has 2 aliphatic carbocycles. The van der Waals surface area contributed by atoms with E-state index in [2.05, 4.69) is 34.5 Å². The normalized spacial score (nSPS) is 31.2. The molecule has 0 amide bonds. The molecule has 2 heteroatoms. The monoisotopic (exact) mass is 284 g/mol. The van der Waals surface area contributed by atoms with Crippen LogP contribution in [0.25, 0.3) is 0 Å². The minimum atomic E-state index is 0.961. The number of hydrogen-bond acceptors (Lipinski definition) is 2. The molecule has 3 unspecified atom stereocenters. The van der Waals surface area contributed by atoms with E-state index < -0.39 is 0 Å². The maximum Gasteiger partial charge on any atom is 0.0411 e. The zero-order valence-electron chi connectivity index (χ0n) is 13.1. The highest BCUT2D eigenvalue weighted by Gasteiger charge is 2.38. The molecule has 0 radical (unpaired) electrons. The molecule has 1 aliphatic heterocycles. The lowest BCUT2D eigenvalue weighted by Crippen LogP contribution is -2.27. The Balaban J connectivity index is 1.34. The van der Waals surface area contributed by atoms with Crippen molar-refractivity contribution < 1.29 is 0 Å². The zero-order chi connectivity index (χ0) is 14.1. The quantitative estimate of drug-likeness (QED) is 0.884. The van der Waals surface area contributed by atoms with E-state index in [1.54, 1.807) is 0 Å². The van der Waals surface area contributed by atoms with E-state index >= 15 is 0 Å². The fourth-order valence-electron chi connectivity index (χ4n) is 4.95. The van der Waals surface area contributed by atoms with E-state index in [4.69, 9.17) is 0 Å². The van der Waals surface area contributed by atoms with Gasteiger partial charge in [-0.2, -0.15) is 0 Å². The van der Waals surface area contributed by atoms with Gasteiger partial charge in [-0.1, -0.05) is 24.6 Å². The Labute approximate surface area is 128 Å². The number of para-hydroxylation sites is 1. The van der Waals surface area contributed by atoms with Gasteiger partial charge in [0.05, 0.1) is 0 Å². The van der Waals surface area contributed by atoms with Crippen molar-refractivity contribution in [3.63, 3.8) is 0 Å². The average molecular weight is 284 g/mol. The van der Waals surface area contributed by atoms with E-state index in [9.17, 15) is 0 Å². The third-order valence-electron chi connectivity index (χ3n) is 6.04. The van der Waals surface area contributed by atoms with Gasteiger partial charge in [0.15, 0.2) is 0 Å². The molecule has 1 aromatic carbocycles. The van der Waals surface area contributed by atoms with Gasteiger partial charge in [0.1, 0.15) is 0 Å². The van der Waals surface area contributed by atoms with Crippen molar-refractivity contribution in [1.82, 2.24) is 5.32 Å². The van der Waals surface area contributed by atoms with Gasteiger partial charge in [-0.25, -0.2) is 0 Å². The Morgan fingerprint density at radius 3 is 2.67 bits per heavy atom. The Hall–Kier alpha value is -1.02. The number of fused-ring (bicyclic) bond motifs is 2. The van der Waals surface area contributed by atoms with Crippen LogP contribution in [0.4, 0.5) is 5.69 Å². The summed E-state index contributed by atoms with van der Waals surface area (Å²) < 4.78 is 0. The number of benzene rings is 1. The molecule has 1 aromatic rings. The van der Waals surface area contributed by atoms with Crippen LogP contribution in [0.5, 0.6) is 0 Å². The highest BCUT2D eigenvalue weighted by molar-refractivity contribution is 5.54. The van der Waals surface area contributed by atoms with Crippen LogP contribution in [0.2, 0.25) is 0 Å². The highest BCUT2D eigenvalue weighted by Crippen LogP contribution is 2.47. The maximum atomic E-state index is 3.77. The second-order valence-electron chi connectivity index (χ2n) is 7.39. The molecule has 1 saturated heterocycles. The summed E-state index contributed by atoms with van der Waals surface area (Å²) in [6, 6.07) is 8.99. The van der Waals surface area contributed by atoms with Crippen LogP contribution in [-0.4, -0.2) is 19.6 Å². The Morgan fingerprint density at radius 2 is 1.90 bits per heavy atom. The van der Waals surface area contributed by atoms with E-state index in [0.717, 1.165) is 24.3 Å². The maximum absolute atomic E-state index is 3.77. The first-order valence-corrected chi connectivity index (χ1v) is 8.94. The zero-order valence-corrected chi connectivity index (χ0v) is 13.1. The van der Waals surface area contributed by atoms with Gasteiger partial charge < -0.3 is 10.2 Å². The number of nitrogens with one attached hydrogen (secondary N) is 1. The summed E-state index contributed by atoms with van der Waals surface area (Å²) in [5.74, 6) is 3.07. The molecule has 3 atom stereocenters. The van der Waals surface area contributed by atoms with Crippen LogP contribution in [0.15, 0.2) is 24.3 Å². The van der Waals surface area contributed by atoms with Crippen LogP contribution in [-0.2, 0) is 6.54 Å². The summed E-state index contributed by atoms with van der Waals surface area (Å²) in [6.45, 7) is 4.75. The van der Waals surface area contributed by atoms with Gasteiger partial charge in [0.2, 0.25) is 0 Å². The van der Waals surface area contributed by atoms with Crippen LogP contribution in [0, 0.1) is 17.8 Å². The first-order chi connectivity index (χ1) is 10.4. The molecule has 2 bridgehead atoms. The van der Waals surface area contributed by atoms with E-state index in [1.807, 2.05) is 0 Å². The largest absolute Gasteiger partial charge is 0.371 e. The molecule has 0 spiro atoms. The predicted molar refractivity (Wildman–Crippen MR) is 88.5 cm³/mol. The molecule has 21 heavy (non-hydrogen) atoms. The second-order valence-corrected chi connectivity index (χ2v) is 7.39. The molecule has 1 N–H and O–H groups in total. The van der Waals surface area contributed by atoms with Crippen molar-refractivity contribution in [1.29, 1.82) is 0 Å². The number of rotatable bonds is 5. The van der Waals surface area contributed by atoms with Gasteiger partial charge in [-0.15, -0.1) is 0 Å². The molecule has 1 heterocycles. The first-order valence-electron chi connectivity index (χ1n) is 8.94. The topological polar surface area (TPSA) is 15.3 Å². The Bertz CT molecular complexity index is 478. The van der Waals surface area contributed by atoms with Crippen LogP contribution < -0.4 is 10.2 Å². The van der Waals surface area contributed by atoms with Crippen molar-refractivity contribution in [3.8, 4) is 0 Å². The van der Waals surface area contributed by atoms with Gasteiger partial charge in [-0.3, -0.25) is 0 Å². The minimum Gasteiger partial charge on any atom is -0.371 e. The van der Waals surface area contributed by atoms with Crippen LogP contribution in [0.3, 0.4) is 0 Å². The summed E-state index contributed by atoms with van der Waals surface area (Å²) in [6.07, 6.45) is 8.74. The lowest BCUT2D eigenvalue weighted by Gasteiger charge is -2.24. The Kier molecular flexibility index (Phi) is 3.89. The number of anilines is 1. The molecule has 3 fully saturated rings. The van der Waals surface area contributed by atoms with Gasteiger partial charge in [-0.05, 0) is 68.0 Å². The molecule has 0 aromatic heterocycles. The molecular formula is C19H28N2. The summed E-state index contributed by atoms with van der Waals surface area (Å²) in [5, 5.41) is 3.77. The van der Waals surface area contributed by atoms with Crippen molar-refractivity contribution in [2.24, 2.45) is 17.8 Å². The summed E-state index contributed by atoms with van der Waals surface area (Å²) in [4.78, 5) is 2.56. The molecule has 3 aliphatic rings. The highest BCUT2D eigenvalue weighted by atomic mass is 15.1. The van der Waals surface area contributed by atoms with Crippen molar-refractivity contribution in [2.45, 2.75) is 45.1 Å². The van der Waals surface area contributed by atoms with E-state index in [0.29, 0.717) is 0 Å². The van der Waals surface area contributed by atoms with Gasteiger partial charge in [0, 0.05) is 25.3 Å². The number of hydrogen-bond donors (Lipinski definition) is 1. The molecule has 2 nitrogen and oxygen atoms in total. The molecule has 2 saturated carbocycles. The van der Waals surface area contributed by atoms with Crippen LogP contribution >= 0.6 is 0 Å². The molecule has 4 rings (SSSR count). The fourth-order valence-corrected chi connectivity index (χ4v) is 4.95. The van der Waals surface area contributed by atoms with Gasteiger partial charge >= 0.3 is 0 Å². The van der Waals surface area contributed by atoms with E-state index in [-0.39, 0.29) is 0 Å². The lowest BCUT2D eigenvalue weighted by molar-refractivity contribution is 0.318. The third-order valence-corrected chi connectivity index (χ3v) is 6.04. The second kappa shape index (κ2) is 6.00. The summed E-state index contributed by atoms with van der Waals surface area (Å²) >= 11 is 0. The van der Waals surface area contributed by atoms with E-state index in [1.165, 1.54) is 69.4 Å². The van der Waals surface area contributed by atoms with Crippen molar-refractivity contribution in [3.05, 3.63) is 29.8 Å². The predicted octanol–water partition coefficient (Wildman–Crippen LogP) is 3.81. The standard InChI is InChI=1S/C19H28N2/c1-2-6-19(21-9-3-4-10-21)17(5-1)13-20-14-18-12-15-7-8-16(18)11-15/h1-2,5-6,15-16,18,20H,3-4,7-14H2. The van der Waals surface area contributed by atoms with Gasteiger partial charge in [0.25, 0.3) is 0 Å². The molecular weight excluding hydrogens is 256 g/mol. The summed E-state index contributed by atoms with van der Waals surface area (Å²) in [5.41, 5.74) is 2.96. The third kappa shape index (κ3) is 2.83. The lowest BCUT2D eigenvalue weighted by atomic mass is 9.89. The van der Waals surface area contributed by atoms with Crippen LogP contribution in [0.1, 0.15) is 44.1 Å². The number of nitrogens with zero attached hydrogens (tertiary/aromatic N) is 1. The van der Waals surface area contributed by atoms with Crippen molar-refractivity contribution >= 4 is 5.69 Å². The average Bonchev–Trinajstić information content (AvgIpc) is 3.25. The minimum absolute atomic E-state index is 0.961. The fraction of sp³-hybridized carbons (Fsp3) is 0.684. The summed E-state index contributed by atoms with van der Waals surface area (Å²) in [7, 11) is 0. The molecule has 114 valence electrons. The first kappa shape index (κ1) is 13.6. The smallest absolute Gasteiger partial charge is 0.0411 e. The van der Waals surface area contributed by atoms with Crippen molar-refractivity contribution in [2.75, 3.05) is 24.5 Å². The SMILES string of the molecule is c1ccc(N2CCCC2)c(CNCC2CC3CCC2C3)c1.